The fraction of sp³-hybridized carbons (Fsp3) is 0.672. The maximum absolute atomic E-state index is 14.5. The second-order valence-electron chi connectivity index (χ2n) is 24.4. The van der Waals surface area contributed by atoms with Crippen molar-refractivity contribution in [3.63, 3.8) is 0 Å². The van der Waals surface area contributed by atoms with Crippen molar-refractivity contribution in [2.75, 3.05) is 59.0 Å². The Bertz CT molecular complexity index is 2870. The van der Waals surface area contributed by atoms with Gasteiger partial charge in [0.05, 0.1) is 25.9 Å². The van der Waals surface area contributed by atoms with E-state index in [2.05, 4.69) is 42.5 Å². The molecule has 0 spiro atoms. The van der Waals surface area contributed by atoms with E-state index >= 15 is 0 Å². The Balaban J connectivity index is 1.24. The zero-order valence-corrected chi connectivity index (χ0v) is 53.9. The van der Waals surface area contributed by atoms with Crippen LogP contribution in [0.4, 0.5) is 0 Å². The predicted molar refractivity (Wildman–Crippen MR) is 337 cm³/mol. The minimum absolute atomic E-state index is 0.0511. The van der Waals surface area contributed by atoms with Crippen molar-refractivity contribution in [2.24, 2.45) is 22.9 Å². The number of carboxylic acid groups (broad SMARTS) is 1. The summed E-state index contributed by atoms with van der Waals surface area (Å²) in [6, 6.07) is -7.36. The molecule has 4 heterocycles. The number of likely N-dealkylation sites (tertiary alicyclic amines) is 4. The number of amides is 13. The molecule has 0 radical (unpaired) electrons. The summed E-state index contributed by atoms with van der Waals surface area (Å²) in [5.74, 6) is -11.6. The van der Waals surface area contributed by atoms with E-state index in [9.17, 15) is 87.5 Å². The van der Waals surface area contributed by atoms with E-state index in [4.69, 9.17) is 22.9 Å². The molecule has 0 aliphatic carbocycles. The topological polar surface area (TPSA) is 533 Å². The van der Waals surface area contributed by atoms with Gasteiger partial charge in [-0.15, -0.1) is 0 Å². The van der Waals surface area contributed by atoms with Gasteiger partial charge in [-0.25, -0.2) is 4.79 Å². The fourth-order valence-corrected chi connectivity index (χ4v) is 12.0. The van der Waals surface area contributed by atoms with Crippen molar-refractivity contribution in [3.8, 4) is 0 Å². The zero-order chi connectivity index (χ0) is 70.1. The molecular weight excluding hydrogens is 1240 g/mol. The first-order chi connectivity index (χ1) is 45.3. The monoisotopic (exact) mass is 1340 g/mol. The number of benzene rings is 1. The van der Waals surface area contributed by atoms with Crippen LogP contribution in [-0.4, -0.2) is 260 Å². The number of nitrogens with zero attached hydrogens (tertiary/aromatic N) is 4. The van der Waals surface area contributed by atoms with Gasteiger partial charge in [0.2, 0.25) is 76.8 Å². The van der Waals surface area contributed by atoms with Crippen LogP contribution in [0.25, 0.3) is 0 Å². The molecule has 4 saturated heterocycles. The third-order valence-corrected chi connectivity index (χ3v) is 17.3. The molecular formula is C61H96N16O18. The molecule has 0 saturated carbocycles. The molecule has 4 aliphatic heterocycles. The van der Waals surface area contributed by atoms with Crippen LogP contribution in [-0.2, 0) is 73.5 Å². The van der Waals surface area contributed by atoms with E-state index in [1.165, 1.54) is 26.5 Å². The molecule has 13 amide bonds. The number of carbonyl (C=O) groups excluding carboxylic acids is 13. The average Bonchev–Trinajstić information content (AvgIpc) is 1.76. The third-order valence-electron chi connectivity index (χ3n) is 17.3. The van der Waals surface area contributed by atoms with Gasteiger partial charge >= 0.3 is 5.97 Å². The van der Waals surface area contributed by atoms with Crippen LogP contribution in [0.15, 0.2) is 30.3 Å². The number of aliphatic carboxylic acids is 1. The molecule has 4 fully saturated rings. The first kappa shape index (κ1) is 77.3. The Morgan fingerprint density at radius 3 is 1.39 bits per heavy atom. The minimum atomic E-state index is -1.77. The number of unbranched alkanes of at least 4 members (excludes halogenated alkanes) is 2. The average molecular weight is 1340 g/mol. The SMILES string of the molecule is C[C@H](NC(=O)[C@H](CO)NC(=O)[C@H](Cc1ccccc1)NC(=O)[C@@H]1CCCN1C(=O)[C@H](CCCCN)NC(=O)[C@@H]1CCCN1C(=O)CNC(=O)[C@@H](N)CO)C(=O)N1CCC[C@H]1C(=O)N[C@@H](CCCCN)C(=O)N1CCC[C@H]1C(=O)N[C@@H](CCC(N)=O)C(=O)N[C@H](C(=O)O)[C@@H](C)O. The first-order valence-corrected chi connectivity index (χ1v) is 32.5. The zero-order valence-electron chi connectivity index (χ0n) is 53.9. The Morgan fingerprint density at radius 1 is 0.516 bits per heavy atom. The van der Waals surface area contributed by atoms with Crippen LogP contribution >= 0.6 is 0 Å². The number of aliphatic hydroxyl groups excluding tert-OH is 3. The second kappa shape index (κ2) is 38.2. The van der Waals surface area contributed by atoms with E-state index in [1.54, 1.807) is 30.3 Å². The van der Waals surface area contributed by atoms with Crippen LogP contribution in [0.2, 0.25) is 0 Å². The normalized spacial score (nSPS) is 20.5. The molecule has 0 bridgehead atoms. The molecule has 528 valence electrons. The summed E-state index contributed by atoms with van der Waals surface area (Å²) in [7, 11) is 0. The summed E-state index contributed by atoms with van der Waals surface area (Å²) >= 11 is 0. The maximum Gasteiger partial charge on any atom is 0.328 e. The number of primary amides is 1. The summed E-state index contributed by atoms with van der Waals surface area (Å²) in [5, 5.41) is 59.5. The molecule has 34 heteroatoms. The number of hydrogen-bond donors (Lipinski definition) is 16. The van der Waals surface area contributed by atoms with E-state index in [0.29, 0.717) is 56.9 Å². The van der Waals surface area contributed by atoms with Crippen molar-refractivity contribution in [1.82, 2.24) is 62.1 Å². The van der Waals surface area contributed by atoms with Gasteiger partial charge in [-0.1, -0.05) is 30.3 Å². The van der Waals surface area contributed by atoms with Crippen LogP contribution in [0, 0.1) is 0 Å². The van der Waals surface area contributed by atoms with Gasteiger partial charge < -0.3 is 105 Å². The van der Waals surface area contributed by atoms with Crippen molar-refractivity contribution in [3.05, 3.63) is 35.9 Å². The van der Waals surface area contributed by atoms with Crippen LogP contribution in [0.3, 0.4) is 0 Å². The summed E-state index contributed by atoms with van der Waals surface area (Å²) < 4.78 is 0. The molecule has 0 unspecified atom stereocenters. The lowest BCUT2D eigenvalue weighted by Gasteiger charge is -2.32. The predicted octanol–water partition coefficient (Wildman–Crippen LogP) is -6.98. The highest BCUT2D eigenvalue weighted by atomic mass is 16.4. The van der Waals surface area contributed by atoms with Crippen molar-refractivity contribution < 1.29 is 87.5 Å². The standard InChI is InChI=1S/C61H96N16O18/c1-34(58(91)75-27-11-19-44(75)56(89)70-40(17-7-9-25-63)60(93)76-28-12-20-45(76)55(88)68-38(22-23-47(65)81)51(84)73-49(35(2)80)61(94)95)67-53(86)42(33-79)72-52(85)41(30-36-14-4-3-5-15-36)71-57(90)46-21-13-29-77(46)59(92)39(16-6-8-24-62)69-54(87)43-18-10-26-74(43)48(82)31-66-50(83)37(64)32-78/h3-5,14-15,34-35,37-46,49,78-80H,6-13,16-33,62-64H2,1-2H3,(H2,65,81)(H,66,83)(H,67,86)(H,68,88)(H,69,87)(H,70,89)(H,71,90)(H,72,85)(H,73,84)(H,94,95)/t34-,35+,37-,38-,39-,40-,41-,42-,43-,44-,45-,46-,49-/m0/s1. The van der Waals surface area contributed by atoms with Gasteiger partial charge in [0.15, 0.2) is 6.04 Å². The second-order valence-corrected chi connectivity index (χ2v) is 24.4. The lowest BCUT2D eigenvalue weighted by molar-refractivity contribution is -0.146. The van der Waals surface area contributed by atoms with Gasteiger partial charge in [-0.2, -0.15) is 0 Å². The minimum Gasteiger partial charge on any atom is -0.480 e. The summed E-state index contributed by atoms with van der Waals surface area (Å²) in [6.07, 6.45) is 1.62. The van der Waals surface area contributed by atoms with E-state index in [-0.39, 0.29) is 90.6 Å². The molecule has 0 aromatic heterocycles. The number of nitrogens with one attached hydrogen (secondary N) is 8. The number of nitrogens with two attached hydrogens (primary N) is 4. The first-order valence-electron chi connectivity index (χ1n) is 32.5. The highest BCUT2D eigenvalue weighted by Gasteiger charge is 2.45. The number of rotatable bonds is 37. The fourth-order valence-electron chi connectivity index (χ4n) is 12.0. The summed E-state index contributed by atoms with van der Waals surface area (Å²) in [6.45, 7) is 1.27. The van der Waals surface area contributed by atoms with Crippen LogP contribution in [0.1, 0.15) is 122 Å². The molecule has 34 nitrogen and oxygen atoms in total. The van der Waals surface area contributed by atoms with Crippen LogP contribution in [0.5, 0.6) is 0 Å². The van der Waals surface area contributed by atoms with Crippen LogP contribution < -0.4 is 65.5 Å². The Labute approximate surface area is 550 Å². The highest BCUT2D eigenvalue weighted by Crippen LogP contribution is 2.25. The Kier molecular flexibility index (Phi) is 31.1. The number of aliphatic hydroxyl groups is 3. The Hall–Kier alpha value is -8.44. The van der Waals surface area contributed by atoms with Gasteiger partial charge in [0.1, 0.15) is 66.5 Å². The Morgan fingerprint density at radius 2 is 0.947 bits per heavy atom. The smallest absolute Gasteiger partial charge is 0.328 e. The quantitative estimate of drug-likeness (QED) is 0.0275. The molecule has 20 N–H and O–H groups in total. The highest BCUT2D eigenvalue weighted by molar-refractivity contribution is 6.00. The maximum atomic E-state index is 14.5. The van der Waals surface area contributed by atoms with E-state index < -0.39 is 188 Å². The molecule has 1 aromatic rings. The summed E-state index contributed by atoms with van der Waals surface area (Å²) in [4.78, 5) is 195. The van der Waals surface area contributed by atoms with E-state index in [1.807, 2.05) is 0 Å². The largest absolute Gasteiger partial charge is 0.480 e. The number of carboxylic acids is 1. The van der Waals surface area contributed by atoms with Gasteiger partial charge in [-0.3, -0.25) is 62.3 Å². The van der Waals surface area contributed by atoms with Crippen molar-refractivity contribution in [2.45, 2.75) is 202 Å². The van der Waals surface area contributed by atoms with Gasteiger partial charge in [0.25, 0.3) is 0 Å². The molecule has 4 aliphatic rings. The molecule has 5 rings (SSSR count). The summed E-state index contributed by atoms with van der Waals surface area (Å²) in [5.41, 5.74) is 23.0. The molecule has 1 aromatic carbocycles. The van der Waals surface area contributed by atoms with Crippen molar-refractivity contribution >= 4 is 82.8 Å². The molecule has 95 heavy (non-hydrogen) atoms. The lowest BCUT2D eigenvalue weighted by atomic mass is 10.0. The van der Waals surface area contributed by atoms with Gasteiger partial charge in [0, 0.05) is 39.0 Å². The lowest BCUT2D eigenvalue weighted by Crippen LogP contribution is -2.60. The van der Waals surface area contributed by atoms with Gasteiger partial charge in [-0.05, 0) is 129 Å². The molecule has 13 atom stereocenters. The number of carbonyl (C=O) groups is 14. The third kappa shape index (κ3) is 22.3. The van der Waals surface area contributed by atoms with E-state index in [0.717, 1.165) is 6.92 Å². The van der Waals surface area contributed by atoms with Crippen molar-refractivity contribution in [1.29, 1.82) is 0 Å². The number of hydrogen-bond acceptors (Lipinski definition) is 20.